The van der Waals surface area contributed by atoms with Crippen molar-refractivity contribution in [2.24, 2.45) is 13.0 Å². The van der Waals surface area contributed by atoms with Crippen LogP contribution in [0.4, 0.5) is 10.1 Å². The first kappa shape index (κ1) is 15.6. The Morgan fingerprint density at radius 2 is 2.18 bits per heavy atom. The SMILES string of the molecule is CC1CN(c2cc(Cl)c(F)c(-c3c(I)cnn3C)c2C#N)C1. The molecule has 7 heteroatoms. The van der Waals surface area contributed by atoms with E-state index in [1.165, 1.54) is 0 Å². The zero-order valence-electron chi connectivity index (χ0n) is 12.1. The second kappa shape index (κ2) is 5.70. The van der Waals surface area contributed by atoms with Crippen LogP contribution >= 0.6 is 34.2 Å². The quantitative estimate of drug-likeness (QED) is 0.681. The van der Waals surface area contributed by atoms with Gasteiger partial charge >= 0.3 is 0 Å². The van der Waals surface area contributed by atoms with Crippen molar-refractivity contribution in [2.75, 3.05) is 18.0 Å². The maximum absolute atomic E-state index is 14.7. The summed E-state index contributed by atoms with van der Waals surface area (Å²) in [5.74, 6) is -0.00675. The van der Waals surface area contributed by atoms with Crippen LogP contribution in [0.5, 0.6) is 0 Å². The van der Waals surface area contributed by atoms with Crippen molar-refractivity contribution >= 4 is 39.9 Å². The summed E-state index contributed by atoms with van der Waals surface area (Å²) in [4.78, 5) is 2.06. The van der Waals surface area contributed by atoms with Crippen LogP contribution in [0, 0.1) is 26.6 Å². The van der Waals surface area contributed by atoms with E-state index in [-0.39, 0.29) is 10.6 Å². The summed E-state index contributed by atoms with van der Waals surface area (Å²) in [6.45, 7) is 3.83. The minimum Gasteiger partial charge on any atom is -0.370 e. The number of benzene rings is 1. The zero-order valence-corrected chi connectivity index (χ0v) is 15.0. The minimum absolute atomic E-state index is 0.0283. The molecule has 0 amide bonds. The van der Waals surface area contributed by atoms with Crippen LogP contribution in [0.15, 0.2) is 12.3 Å². The Labute approximate surface area is 146 Å². The number of aromatic nitrogens is 2. The highest BCUT2D eigenvalue weighted by molar-refractivity contribution is 14.1. The standard InChI is InChI=1S/C15H13ClFIN4/c1-8-6-22(7-8)12-3-10(16)14(17)13(9(12)4-19)15-11(18)5-20-21(15)2/h3,5,8H,6-7H2,1-2H3. The van der Waals surface area contributed by atoms with Crippen LogP contribution in [0.3, 0.4) is 0 Å². The maximum Gasteiger partial charge on any atom is 0.152 e. The Kier molecular flexibility index (Phi) is 4.03. The number of nitrogens with zero attached hydrogens (tertiary/aromatic N) is 4. The molecule has 0 bridgehead atoms. The number of aryl methyl sites for hydroxylation is 1. The molecule has 1 saturated heterocycles. The van der Waals surface area contributed by atoms with Gasteiger partial charge in [0, 0.05) is 20.1 Å². The molecule has 114 valence electrons. The molecule has 0 atom stereocenters. The van der Waals surface area contributed by atoms with E-state index in [2.05, 4.69) is 45.6 Å². The van der Waals surface area contributed by atoms with E-state index in [0.29, 0.717) is 22.9 Å². The lowest BCUT2D eigenvalue weighted by atomic mass is 9.96. The van der Waals surface area contributed by atoms with E-state index in [1.54, 1.807) is 24.0 Å². The molecule has 0 N–H and O–H groups in total. The highest BCUT2D eigenvalue weighted by Gasteiger charge is 2.30. The monoisotopic (exact) mass is 430 g/mol. The molecule has 1 fully saturated rings. The summed E-state index contributed by atoms with van der Waals surface area (Å²) in [6, 6.07) is 3.70. The van der Waals surface area contributed by atoms with Crippen molar-refractivity contribution in [1.29, 1.82) is 5.26 Å². The summed E-state index contributed by atoms with van der Waals surface area (Å²) >= 11 is 8.17. The van der Waals surface area contributed by atoms with Gasteiger partial charge in [0.15, 0.2) is 5.82 Å². The van der Waals surface area contributed by atoms with Crippen molar-refractivity contribution in [1.82, 2.24) is 9.78 Å². The Morgan fingerprint density at radius 1 is 1.50 bits per heavy atom. The highest BCUT2D eigenvalue weighted by atomic mass is 127. The Balaban J connectivity index is 2.27. The predicted molar refractivity (Wildman–Crippen MR) is 92.4 cm³/mol. The molecule has 0 radical (unpaired) electrons. The lowest BCUT2D eigenvalue weighted by molar-refractivity contribution is 0.447. The van der Waals surface area contributed by atoms with Gasteiger partial charge in [0.1, 0.15) is 6.07 Å². The molecule has 1 aromatic carbocycles. The summed E-state index contributed by atoms with van der Waals surface area (Å²) in [7, 11) is 1.73. The van der Waals surface area contributed by atoms with Crippen molar-refractivity contribution in [2.45, 2.75) is 6.92 Å². The average Bonchev–Trinajstić information content (AvgIpc) is 2.77. The lowest BCUT2D eigenvalue weighted by Gasteiger charge is -2.40. The second-order valence-electron chi connectivity index (χ2n) is 5.53. The van der Waals surface area contributed by atoms with E-state index >= 15 is 0 Å². The molecule has 3 rings (SSSR count). The number of rotatable bonds is 2. The fourth-order valence-electron chi connectivity index (χ4n) is 2.79. The zero-order chi connectivity index (χ0) is 16.0. The number of hydrogen-bond acceptors (Lipinski definition) is 3. The van der Waals surface area contributed by atoms with Crippen molar-refractivity contribution in [3.8, 4) is 17.3 Å². The van der Waals surface area contributed by atoms with Gasteiger partial charge < -0.3 is 4.90 Å². The van der Waals surface area contributed by atoms with E-state index in [9.17, 15) is 9.65 Å². The fourth-order valence-corrected chi connectivity index (χ4v) is 3.73. The third-order valence-electron chi connectivity index (χ3n) is 3.85. The van der Waals surface area contributed by atoms with Crippen LogP contribution in [0.2, 0.25) is 5.02 Å². The van der Waals surface area contributed by atoms with Crippen molar-refractivity contribution in [3.05, 3.63) is 32.2 Å². The number of anilines is 1. The molecular formula is C15H13ClFIN4. The highest BCUT2D eigenvalue weighted by Crippen LogP contribution is 2.40. The van der Waals surface area contributed by atoms with Crippen LogP contribution in [0.25, 0.3) is 11.3 Å². The molecule has 1 aliphatic heterocycles. The van der Waals surface area contributed by atoms with Crippen molar-refractivity contribution < 1.29 is 4.39 Å². The fraction of sp³-hybridized carbons (Fsp3) is 0.333. The van der Waals surface area contributed by atoms with Crippen LogP contribution < -0.4 is 4.90 Å². The second-order valence-corrected chi connectivity index (χ2v) is 7.10. The molecular weight excluding hydrogens is 418 g/mol. The third-order valence-corrected chi connectivity index (χ3v) is 4.91. The van der Waals surface area contributed by atoms with Gasteiger partial charge in [0.25, 0.3) is 0 Å². The topological polar surface area (TPSA) is 44.9 Å². The normalized spacial score (nSPS) is 14.8. The first-order valence-corrected chi connectivity index (χ1v) is 8.24. The smallest absolute Gasteiger partial charge is 0.152 e. The Bertz CT molecular complexity index is 770. The molecule has 2 aromatic rings. The molecule has 0 saturated carbocycles. The summed E-state index contributed by atoms with van der Waals surface area (Å²) in [5, 5.41) is 13.8. The lowest BCUT2D eigenvalue weighted by Crippen LogP contribution is -2.45. The van der Waals surface area contributed by atoms with E-state index in [1.807, 2.05) is 0 Å². The van der Waals surface area contributed by atoms with E-state index in [4.69, 9.17) is 11.6 Å². The van der Waals surface area contributed by atoms with E-state index in [0.717, 1.165) is 16.7 Å². The van der Waals surface area contributed by atoms with Gasteiger partial charge in [-0.15, -0.1) is 0 Å². The van der Waals surface area contributed by atoms with Crippen molar-refractivity contribution in [3.63, 3.8) is 0 Å². The van der Waals surface area contributed by atoms with Crippen LogP contribution in [-0.4, -0.2) is 22.9 Å². The van der Waals surface area contributed by atoms with E-state index < -0.39 is 5.82 Å². The number of halogens is 3. The van der Waals surface area contributed by atoms with Gasteiger partial charge in [-0.25, -0.2) is 4.39 Å². The average molecular weight is 431 g/mol. The third kappa shape index (κ3) is 2.36. The van der Waals surface area contributed by atoms with Crippen LogP contribution in [0.1, 0.15) is 12.5 Å². The van der Waals surface area contributed by atoms with Gasteiger partial charge in [0.05, 0.1) is 37.3 Å². The number of nitriles is 1. The van der Waals surface area contributed by atoms with Gasteiger partial charge in [0.2, 0.25) is 0 Å². The van der Waals surface area contributed by atoms with Gasteiger partial charge in [-0.05, 0) is 34.6 Å². The molecule has 0 spiro atoms. The Morgan fingerprint density at radius 3 is 2.68 bits per heavy atom. The van der Waals surface area contributed by atoms with Gasteiger partial charge in [-0.1, -0.05) is 18.5 Å². The molecule has 22 heavy (non-hydrogen) atoms. The van der Waals surface area contributed by atoms with Gasteiger partial charge in [-0.3, -0.25) is 4.68 Å². The first-order valence-electron chi connectivity index (χ1n) is 6.79. The summed E-state index contributed by atoms with van der Waals surface area (Å²) in [5.41, 5.74) is 1.82. The molecule has 1 aliphatic rings. The van der Waals surface area contributed by atoms with Gasteiger partial charge in [-0.2, -0.15) is 10.4 Å². The molecule has 4 nitrogen and oxygen atoms in total. The maximum atomic E-state index is 14.7. The first-order chi connectivity index (χ1) is 10.4. The molecule has 0 unspecified atom stereocenters. The number of hydrogen-bond donors (Lipinski definition) is 0. The summed E-state index contributed by atoms with van der Waals surface area (Å²) in [6.07, 6.45) is 1.64. The summed E-state index contributed by atoms with van der Waals surface area (Å²) < 4.78 is 17.0. The minimum atomic E-state index is -0.572. The largest absolute Gasteiger partial charge is 0.370 e. The molecule has 0 aliphatic carbocycles. The van der Waals surface area contributed by atoms with Crippen LogP contribution in [-0.2, 0) is 7.05 Å². The predicted octanol–water partition coefficient (Wildman–Crippen LogP) is 3.81. The molecule has 1 aromatic heterocycles. The Hall–Kier alpha value is -1.33. The molecule has 2 heterocycles.